The maximum absolute atomic E-state index is 12.0. The first-order valence-corrected chi connectivity index (χ1v) is 8.01. The van der Waals surface area contributed by atoms with Crippen LogP contribution in [0.5, 0.6) is 0 Å². The highest BCUT2D eigenvalue weighted by Gasteiger charge is 2.24. The molecular formula is C13H20N4O2S. The summed E-state index contributed by atoms with van der Waals surface area (Å²) in [5.74, 6) is 0.613. The van der Waals surface area contributed by atoms with Crippen LogP contribution in [-0.4, -0.2) is 40.2 Å². The lowest BCUT2D eigenvalue weighted by Crippen LogP contribution is -2.38. The molecule has 0 saturated carbocycles. The molecule has 0 bridgehead atoms. The average Bonchev–Trinajstić information content (AvgIpc) is 2.93. The van der Waals surface area contributed by atoms with Gasteiger partial charge in [0.05, 0.1) is 12.2 Å². The Morgan fingerprint density at radius 2 is 2.45 bits per heavy atom. The number of aromatic nitrogens is 2. The molecule has 1 saturated heterocycles. The van der Waals surface area contributed by atoms with Gasteiger partial charge in [-0.05, 0) is 18.6 Å². The van der Waals surface area contributed by atoms with Crippen LogP contribution < -0.4 is 10.9 Å². The Labute approximate surface area is 122 Å². The molecule has 2 heterocycles. The maximum Gasteiger partial charge on any atom is 0.317 e. The van der Waals surface area contributed by atoms with Crippen LogP contribution in [0.15, 0.2) is 16.0 Å². The molecule has 20 heavy (non-hydrogen) atoms. The van der Waals surface area contributed by atoms with E-state index in [9.17, 15) is 9.59 Å². The summed E-state index contributed by atoms with van der Waals surface area (Å²) in [5.41, 5.74) is 0.388. The fraction of sp³-hybridized carbons (Fsp3) is 0.615. The number of hydrogen-bond donors (Lipinski definition) is 2. The van der Waals surface area contributed by atoms with Crippen LogP contribution in [0, 0.1) is 5.92 Å². The van der Waals surface area contributed by atoms with Gasteiger partial charge in [-0.3, -0.25) is 4.79 Å². The van der Waals surface area contributed by atoms with Gasteiger partial charge in [0, 0.05) is 19.2 Å². The summed E-state index contributed by atoms with van der Waals surface area (Å²) < 4.78 is 0. The van der Waals surface area contributed by atoms with Gasteiger partial charge < -0.3 is 15.2 Å². The van der Waals surface area contributed by atoms with Crippen molar-refractivity contribution >= 4 is 17.8 Å². The van der Waals surface area contributed by atoms with E-state index in [0.29, 0.717) is 16.8 Å². The average molecular weight is 296 g/mol. The largest absolute Gasteiger partial charge is 0.332 e. The zero-order valence-electron chi connectivity index (χ0n) is 11.8. The van der Waals surface area contributed by atoms with Gasteiger partial charge in [-0.25, -0.2) is 9.78 Å². The van der Waals surface area contributed by atoms with E-state index in [2.05, 4.69) is 22.2 Å². The molecule has 2 N–H and O–H groups in total. The van der Waals surface area contributed by atoms with Gasteiger partial charge in [-0.1, -0.05) is 25.1 Å². The standard InChI is InChI=1S/C13H20N4O2S/c1-3-9-4-5-17(8-9)13(19)14-7-10-6-11(18)16-12(15-10)20-2/h6,9H,3-5,7-8H2,1-2H3,(H,14,19)(H,15,16,18). The minimum absolute atomic E-state index is 0.0752. The van der Waals surface area contributed by atoms with Crippen molar-refractivity contribution in [1.29, 1.82) is 0 Å². The first-order valence-electron chi connectivity index (χ1n) is 6.79. The third-order valence-corrected chi connectivity index (χ3v) is 4.12. The first-order chi connectivity index (χ1) is 9.62. The normalized spacial score (nSPS) is 18.3. The number of amides is 2. The van der Waals surface area contributed by atoms with Crippen molar-refractivity contribution in [2.75, 3.05) is 19.3 Å². The number of likely N-dealkylation sites (tertiary alicyclic amines) is 1. The second-order valence-corrected chi connectivity index (χ2v) is 5.71. The third kappa shape index (κ3) is 3.75. The van der Waals surface area contributed by atoms with Crippen molar-refractivity contribution in [1.82, 2.24) is 20.2 Å². The van der Waals surface area contributed by atoms with Crippen molar-refractivity contribution < 1.29 is 4.79 Å². The number of carbonyl (C=O) groups excluding carboxylic acids is 1. The molecule has 0 spiro atoms. The number of thioether (sulfide) groups is 1. The minimum Gasteiger partial charge on any atom is -0.332 e. The maximum atomic E-state index is 12.0. The highest BCUT2D eigenvalue weighted by molar-refractivity contribution is 7.98. The molecule has 1 unspecified atom stereocenters. The van der Waals surface area contributed by atoms with Crippen LogP contribution in [0.2, 0.25) is 0 Å². The summed E-state index contributed by atoms with van der Waals surface area (Å²) in [6, 6.07) is 1.34. The highest BCUT2D eigenvalue weighted by Crippen LogP contribution is 2.18. The number of aromatic amines is 1. The van der Waals surface area contributed by atoms with E-state index in [1.54, 1.807) is 0 Å². The number of hydrogen-bond acceptors (Lipinski definition) is 4. The van der Waals surface area contributed by atoms with E-state index >= 15 is 0 Å². The smallest absolute Gasteiger partial charge is 0.317 e. The predicted octanol–water partition coefficient (Wildman–Crippen LogP) is 1.43. The lowest BCUT2D eigenvalue weighted by molar-refractivity contribution is 0.206. The molecule has 1 aromatic heterocycles. The van der Waals surface area contributed by atoms with E-state index in [1.165, 1.54) is 17.8 Å². The van der Waals surface area contributed by atoms with Crippen LogP contribution in [0.1, 0.15) is 25.5 Å². The lowest BCUT2D eigenvalue weighted by atomic mass is 10.1. The van der Waals surface area contributed by atoms with Crippen molar-refractivity contribution in [3.8, 4) is 0 Å². The van der Waals surface area contributed by atoms with Crippen LogP contribution in [-0.2, 0) is 6.54 Å². The number of H-pyrrole nitrogens is 1. The summed E-state index contributed by atoms with van der Waals surface area (Å²) in [6.07, 6.45) is 4.02. The van der Waals surface area contributed by atoms with Crippen LogP contribution in [0.4, 0.5) is 4.79 Å². The monoisotopic (exact) mass is 296 g/mol. The van der Waals surface area contributed by atoms with E-state index in [0.717, 1.165) is 25.9 Å². The van der Waals surface area contributed by atoms with Gasteiger partial charge in [0.15, 0.2) is 5.16 Å². The Morgan fingerprint density at radius 1 is 1.65 bits per heavy atom. The first kappa shape index (κ1) is 14.9. The molecule has 0 radical (unpaired) electrons. The Bertz CT molecular complexity index is 531. The van der Waals surface area contributed by atoms with Crippen molar-refractivity contribution in [3.05, 3.63) is 22.1 Å². The predicted molar refractivity (Wildman–Crippen MR) is 78.8 cm³/mol. The zero-order chi connectivity index (χ0) is 14.5. The summed E-state index contributed by atoms with van der Waals surface area (Å²) in [5, 5.41) is 3.39. The fourth-order valence-corrected chi connectivity index (χ4v) is 2.71. The number of nitrogens with one attached hydrogen (secondary N) is 2. The molecule has 1 aliphatic rings. The van der Waals surface area contributed by atoms with Crippen LogP contribution >= 0.6 is 11.8 Å². The molecule has 7 heteroatoms. The molecule has 1 atom stereocenters. The van der Waals surface area contributed by atoms with Crippen molar-refractivity contribution in [3.63, 3.8) is 0 Å². The van der Waals surface area contributed by atoms with Gasteiger partial charge in [0.25, 0.3) is 5.56 Å². The van der Waals surface area contributed by atoms with Gasteiger partial charge >= 0.3 is 6.03 Å². The molecule has 110 valence electrons. The quantitative estimate of drug-likeness (QED) is 0.651. The van der Waals surface area contributed by atoms with Crippen LogP contribution in [0.3, 0.4) is 0 Å². The SMILES string of the molecule is CCC1CCN(C(=O)NCc2cc(=O)[nH]c(SC)n2)C1. The van der Waals surface area contributed by atoms with E-state index in [-0.39, 0.29) is 18.1 Å². The Morgan fingerprint density at radius 3 is 3.10 bits per heavy atom. The van der Waals surface area contributed by atoms with Gasteiger partial charge in [0.1, 0.15) is 0 Å². The van der Waals surface area contributed by atoms with Gasteiger partial charge in [0.2, 0.25) is 0 Å². The molecule has 1 aliphatic heterocycles. The second-order valence-electron chi connectivity index (χ2n) is 4.91. The number of urea groups is 1. The molecule has 2 rings (SSSR count). The van der Waals surface area contributed by atoms with Crippen LogP contribution in [0.25, 0.3) is 0 Å². The zero-order valence-corrected chi connectivity index (χ0v) is 12.6. The topological polar surface area (TPSA) is 78.1 Å². The minimum atomic E-state index is -0.194. The Hall–Kier alpha value is -1.50. The van der Waals surface area contributed by atoms with Crippen molar-refractivity contribution in [2.24, 2.45) is 5.92 Å². The summed E-state index contributed by atoms with van der Waals surface area (Å²) in [4.78, 5) is 32.1. The van der Waals surface area contributed by atoms with E-state index < -0.39 is 0 Å². The molecular weight excluding hydrogens is 276 g/mol. The Balaban J connectivity index is 1.90. The molecule has 6 nitrogen and oxygen atoms in total. The molecule has 0 aliphatic carbocycles. The number of carbonyl (C=O) groups is 1. The van der Waals surface area contributed by atoms with E-state index in [1.807, 2.05) is 11.2 Å². The van der Waals surface area contributed by atoms with E-state index in [4.69, 9.17) is 0 Å². The highest BCUT2D eigenvalue weighted by atomic mass is 32.2. The van der Waals surface area contributed by atoms with Crippen molar-refractivity contribution in [2.45, 2.75) is 31.5 Å². The fourth-order valence-electron chi connectivity index (χ4n) is 2.30. The molecule has 2 amide bonds. The Kier molecular flexibility index (Phi) is 5.05. The third-order valence-electron chi connectivity index (χ3n) is 3.54. The molecule has 1 fully saturated rings. The summed E-state index contributed by atoms with van der Waals surface area (Å²) in [7, 11) is 0. The molecule has 0 aromatic carbocycles. The summed E-state index contributed by atoms with van der Waals surface area (Å²) in [6.45, 7) is 4.06. The number of nitrogens with zero attached hydrogens (tertiary/aromatic N) is 2. The summed E-state index contributed by atoms with van der Waals surface area (Å²) >= 11 is 1.37. The van der Waals surface area contributed by atoms with Gasteiger partial charge in [-0.2, -0.15) is 0 Å². The molecule has 1 aromatic rings. The lowest BCUT2D eigenvalue weighted by Gasteiger charge is -2.17. The van der Waals surface area contributed by atoms with Gasteiger partial charge in [-0.15, -0.1) is 0 Å². The second kappa shape index (κ2) is 6.78. The number of rotatable bonds is 4.